The van der Waals surface area contributed by atoms with E-state index in [2.05, 4.69) is 20.3 Å². The number of carbonyl (C=O) groups is 1. The van der Waals surface area contributed by atoms with Gasteiger partial charge in [-0.3, -0.25) is 19.7 Å². The molecule has 0 fully saturated rings. The van der Waals surface area contributed by atoms with Gasteiger partial charge in [0.05, 0.1) is 36.2 Å². The average molecular weight is 619 g/mol. The Bertz CT molecular complexity index is 1640. The molecule has 1 N–H and O–H groups in total. The van der Waals surface area contributed by atoms with Crippen LogP contribution >= 0.6 is 18.9 Å². The Morgan fingerprint density at radius 2 is 1.66 bits per heavy atom. The first-order valence-electron chi connectivity index (χ1n) is 12.3. The lowest BCUT2D eigenvalue weighted by Crippen LogP contribution is -2.12. The maximum atomic E-state index is 13.2. The summed E-state index contributed by atoms with van der Waals surface area (Å²) in [5.74, 6) is 0.530. The minimum Gasteiger partial charge on any atom is -0.457 e. The van der Waals surface area contributed by atoms with Gasteiger partial charge in [-0.2, -0.15) is 0 Å². The van der Waals surface area contributed by atoms with Crippen LogP contribution in [0, 0.1) is 0 Å². The first-order chi connectivity index (χ1) is 19.6. The molecular formula is C26H27N4O8PS2. The predicted octanol–water partition coefficient (Wildman–Crippen LogP) is 5.94. The molecule has 0 radical (unpaired) electrons. The second-order valence-corrected chi connectivity index (χ2v) is 13.3. The van der Waals surface area contributed by atoms with Gasteiger partial charge in [0, 0.05) is 35.7 Å². The van der Waals surface area contributed by atoms with Crippen LogP contribution in [0.3, 0.4) is 0 Å². The number of ether oxygens (including phenoxy) is 2. The Morgan fingerprint density at radius 1 is 0.976 bits per heavy atom. The molecule has 2 aromatic carbocycles. The second kappa shape index (κ2) is 13.3. The zero-order chi connectivity index (χ0) is 29.5. The lowest BCUT2D eigenvalue weighted by Gasteiger charge is -2.15. The van der Waals surface area contributed by atoms with Crippen LogP contribution in [0.4, 0.5) is 5.13 Å². The third-order valence-electron chi connectivity index (χ3n) is 5.17. The van der Waals surface area contributed by atoms with Gasteiger partial charge in [0.25, 0.3) is 5.91 Å². The molecule has 2 aromatic heterocycles. The van der Waals surface area contributed by atoms with Crippen molar-refractivity contribution in [3.8, 4) is 23.1 Å². The number of anilines is 1. The van der Waals surface area contributed by atoms with Crippen LogP contribution in [-0.2, 0) is 29.6 Å². The molecule has 0 aliphatic carbocycles. The van der Waals surface area contributed by atoms with E-state index in [1.807, 2.05) is 0 Å². The lowest BCUT2D eigenvalue weighted by molar-refractivity contribution is 0.102. The molecule has 12 nitrogen and oxygen atoms in total. The van der Waals surface area contributed by atoms with Gasteiger partial charge in [0.2, 0.25) is 5.88 Å². The van der Waals surface area contributed by atoms with Crippen LogP contribution in [0.5, 0.6) is 23.1 Å². The van der Waals surface area contributed by atoms with Crippen molar-refractivity contribution in [2.75, 3.05) is 24.8 Å². The van der Waals surface area contributed by atoms with Gasteiger partial charge in [-0.05, 0) is 50.2 Å². The maximum Gasteiger partial charge on any atom is 0.336 e. The Morgan fingerprint density at radius 3 is 2.27 bits per heavy atom. The standard InChI is InChI=1S/C26H27N4O8PS2/c1-4-35-39(32,36-5-2)16-19-17-40-26(29-19)30-25(31)18-12-21(14-22(13-18)38-24-15-27-10-11-28-24)37-20-6-8-23(9-7-20)41(3,33)34/h6-15,17H,4-5,16H2,1-3H3,(H,29,30,31). The van der Waals surface area contributed by atoms with Crippen LogP contribution in [-0.4, -0.2) is 48.7 Å². The van der Waals surface area contributed by atoms with E-state index in [0.29, 0.717) is 11.4 Å². The van der Waals surface area contributed by atoms with Crippen LogP contribution in [0.1, 0.15) is 29.9 Å². The van der Waals surface area contributed by atoms with Gasteiger partial charge in [-0.1, -0.05) is 0 Å². The van der Waals surface area contributed by atoms with Gasteiger partial charge in [-0.25, -0.2) is 18.4 Å². The number of sulfone groups is 1. The number of hydrogen-bond donors (Lipinski definition) is 1. The first-order valence-corrected chi connectivity index (χ1v) is 16.8. The summed E-state index contributed by atoms with van der Waals surface area (Å²) in [6.07, 6.45) is 5.46. The molecule has 0 aliphatic heterocycles. The number of benzene rings is 2. The number of rotatable bonds is 13. The number of nitrogens with one attached hydrogen (secondary N) is 1. The highest BCUT2D eigenvalue weighted by Gasteiger charge is 2.26. The first kappa shape index (κ1) is 30.3. The summed E-state index contributed by atoms with van der Waals surface area (Å²) in [4.78, 5) is 25.8. The SMILES string of the molecule is CCOP(=O)(Cc1csc(NC(=O)c2cc(Oc3ccc(S(C)(=O)=O)cc3)cc(Oc3cnccn3)c2)n1)OCC. The van der Waals surface area contributed by atoms with Gasteiger partial charge in [-0.15, -0.1) is 11.3 Å². The van der Waals surface area contributed by atoms with E-state index in [1.165, 1.54) is 55.0 Å². The van der Waals surface area contributed by atoms with Crippen molar-refractivity contribution >= 4 is 39.8 Å². The number of aromatic nitrogens is 3. The molecule has 4 rings (SSSR count). The summed E-state index contributed by atoms with van der Waals surface area (Å²) in [5, 5.41) is 4.68. The van der Waals surface area contributed by atoms with E-state index < -0.39 is 23.3 Å². The molecule has 0 spiro atoms. The summed E-state index contributed by atoms with van der Waals surface area (Å²) in [7, 11) is -6.73. The number of nitrogens with zero attached hydrogens (tertiary/aromatic N) is 3. The fourth-order valence-electron chi connectivity index (χ4n) is 3.50. The zero-order valence-corrected chi connectivity index (χ0v) is 24.9. The third-order valence-corrected chi connectivity index (χ3v) is 9.12. The van der Waals surface area contributed by atoms with Gasteiger partial charge >= 0.3 is 7.60 Å². The van der Waals surface area contributed by atoms with Gasteiger partial charge < -0.3 is 18.5 Å². The fraction of sp³-hybridized carbons (Fsp3) is 0.231. The molecule has 41 heavy (non-hydrogen) atoms. The van der Waals surface area contributed by atoms with Gasteiger partial charge in [0.15, 0.2) is 15.0 Å². The summed E-state index contributed by atoms with van der Waals surface area (Å²) in [6.45, 7) is 3.90. The number of carbonyl (C=O) groups excluding carboxylic acids is 1. The van der Waals surface area contributed by atoms with E-state index in [0.717, 1.165) is 17.6 Å². The molecule has 0 aliphatic rings. The smallest absolute Gasteiger partial charge is 0.336 e. The van der Waals surface area contributed by atoms with Crippen molar-refractivity contribution in [3.05, 3.63) is 77.7 Å². The second-order valence-electron chi connectivity index (χ2n) is 8.39. The Kier molecular flexibility index (Phi) is 9.84. The fourth-order valence-corrected chi connectivity index (χ4v) is 6.56. The van der Waals surface area contributed by atoms with Crippen molar-refractivity contribution in [2.24, 2.45) is 0 Å². The molecule has 216 valence electrons. The molecule has 0 bridgehead atoms. The number of hydrogen-bond acceptors (Lipinski definition) is 12. The van der Waals surface area contributed by atoms with Crippen molar-refractivity contribution < 1.29 is 36.3 Å². The molecule has 0 unspecified atom stereocenters. The summed E-state index contributed by atoms with van der Waals surface area (Å²) < 4.78 is 58.7. The Labute approximate surface area is 241 Å². The minimum atomic E-state index is -3.37. The van der Waals surface area contributed by atoms with Crippen molar-refractivity contribution in [1.29, 1.82) is 0 Å². The van der Waals surface area contributed by atoms with E-state index in [1.54, 1.807) is 25.3 Å². The van der Waals surface area contributed by atoms with E-state index >= 15 is 0 Å². The molecule has 0 saturated carbocycles. The van der Waals surface area contributed by atoms with E-state index in [-0.39, 0.29) is 52.3 Å². The monoisotopic (exact) mass is 618 g/mol. The van der Waals surface area contributed by atoms with E-state index in [4.69, 9.17) is 18.5 Å². The molecule has 15 heteroatoms. The van der Waals surface area contributed by atoms with E-state index in [9.17, 15) is 17.8 Å². The highest BCUT2D eigenvalue weighted by atomic mass is 32.2. The molecule has 1 amide bonds. The maximum absolute atomic E-state index is 13.2. The van der Waals surface area contributed by atoms with Crippen LogP contribution < -0.4 is 14.8 Å². The number of thiazole rings is 1. The predicted molar refractivity (Wildman–Crippen MR) is 153 cm³/mol. The summed E-state index contributed by atoms with van der Waals surface area (Å²) in [6, 6.07) is 10.4. The molecule has 2 heterocycles. The third kappa shape index (κ3) is 8.65. The van der Waals surface area contributed by atoms with Crippen molar-refractivity contribution in [2.45, 2.75) is 24.9 Å². The Hall–Kier alpha value is -3.68. The minimum absolute atomic E-state index is 0.0292. The highest BCUT2D eigenvalue weighted by molar-refractivity contribution is 7.90. The zero-order valence-electron chi connectivity index (χ0n) is 22.3. The van der Waals surface area contributed by atoms with Crippen LogP contribution in [0.25, 0.3) is 0 Å². The Balaban J connectivity index is 1.56. The average Bonchev–Trinajstić information content (AvgIpc) is 3.35. The van der Waals surface area contributed by atoms with Gasteiger partial charge in [0.1, 0.15) is 17.2 Å². The number of amides is 1. The summed E-state index contributed by atoms with van der Waals surface area (Å²) >= 11 is 1.16. The van der Waals surface area contributed by atoms with Crippen molar-refractivity contribution in [1.82, 2.24) is 15.0 Å². The lowest BCUT2D eigenvalue weighted by atomic mass is 10.2. The van der Waals surface area contributed by atoms with Crippen LogP contribution in [0.15, 0.2) is 71.3 Å². The summed E-state index contributed by atoms with van der Waals surface area (Å²) in [5.41, 5.74) is 0.636. The topological polar surface area (TPSA) is 156 Å². The quantitative estimate of drug-likeness (QED) is 0.177. The largest absolute Gasteiger partial charge is 0.457 e. The molecular weight excluding hydrogens is 591 g/mol. The highest BCUT2D eigenvalue weighted by Crippen LogP contribution is 2.51. The molecule has 0 atom stereocenters. The molecule has 4 aromatic rings. The van der Waals surface area contributed by atoms with Crippen LogP contribution in [0.2, 0.25) is 0 Å². The molecule has 0 saturated heterocycles. The van der Waals surface area contributed by atoms with Crippen molar-refractivity contribution in [3.63, 3.8) is 0 Å². The normalized spacial score (nSPS) is 11.7.